The average molecular weight is 287 g/mol. The lowest BCUT2D eigenvalue weighted by Gasteiger charge is -2.56. The molecule has 1 aromatic heterocycles. The molecule has 21 heavy (non-hydrogen) atoms. The van der Waals surface area contributed by atoms with Crippen LogP contribution in [-0.2, 0) is 12.0 Å². The lowest BCUT2D eigenvalue weighted by molar-refractivity contribution is -0.00905. The molecule has 1 heterocycles. The number of nitrogens with one attached hydrogen (secondary N) is 2. The second kappa shape index (κ2) is 5.12. The van der Waals surface area contributed by atoms with Crippen LogP contribution in [0.5, 0.6) is 0 Å². The molecule has 5 rings (SSSR count). The monoisotopic (exact) mass is 287 g/mol. The van der Waals surface area contributed by atoms with E-state index >= 15 is 0 Å². The Kier molecular flexibility index (Phi) is 3.36. The molecule has 3 nitrogen and oxygen atoms in total. The first-order chi connectivity index (χ1) is 10.1. The van der Waals surface area contributed by atoms with Gasteiger partial charge in [-0.25, -0.2) is 4.98 Å². The van der Waals surface area contributed by atoms with Gasteiger partial charge in [-0.1, -0.05) is 13.8 Å². The van der Waals surface area contributed by atoms with Crippen LogP contribution in [0.25, 0.3) is 0 Å². The number of hydrogen-bond donors (Lipinski definition) is 2. The first-order valence-corrected chi connectivity index (χ1v) is 8.88. The van der Waals surface area contributed by atoms with Crippen LogP contribution in [0.1, 0.15) is 63.9 Å². The van der Waals surface area contributed by atoms with Crippen molar-refractivity contribution in [3.05, 3.63) is 17.7 Å². The molecule has 4 fully saturated rings. The number of H-pyrrole nitrogens is 1. The Balaban J connectivity index is 1.48. The van der Waals surface area contributed by atoms with E-state index < -0.39 is 0 Å². The van der Waals surface area contributed by atoms with Crippen LogP contribution in [0.15, 0.2) is 6.20 Å². The van der Waals surface area contributed by atoms with E-state index in [0.717, 1.165) is 30.8 Å². The summed E-state index contributed by atoms with van der Waals surface area (Å²) in [5.41, 5.74) is 1.67. The zero-order valence-corrected chi connectivity index (χ0v) is 13.5. The SMILES string of the molecule is CC(C)CNCc1cnc(C23CC4CC(CC(C4)C2)C3)[nH]1. The molecule has 4 saturated carbocycles. The van der Waals surface area contributed by atoms with Gasteiger partial charge in [0.25, 0.3) is 0 Å². The molecule has 0 amide bonds. The number of aromatic amines is 1. The normalized spacial score (nSPS) is 37.6. The number of imidazole rings is 1. The Hall–Kier alpha value is -0.830. The zero-order valence-electron chi connectivity index (χ0n) is 13.5. The van der Waals surface area contributed by atoms with Crippen LogP contribution in [0.4, 0.5) is 0 Å². The molecule has 0 aromatic carbocycles. The van der Waals surface area contributed by atoms with Gasteiger partial charge < -0.3 is 10.3 Å². The maximum absolute atomic E-state index is 4.81. The summed E-state index contributed by atoms with van der Waals surface area (Å²) in [5, 5.41) is 3.52. The van der Waals surface area contributed by atoms with Crippen molar-refractivity contribution in [2.24, 2.45) is 23.7 Å². The van der Waals surface area contributed by atoms with Crippen molar-refractivity contribution >= 4 is 0 Å². The summed E-state index contributed by atoms with van der Waals surface area (Å²) < 4.78 is 0. The first-order valence-electron chi connectivity index (χ1n) is 8.88. The van der Waals surface area contributed by atoms with Crippen molar-refractivity contribution in [2.75, 3.05) is 6.54 Å². The van der Waals surface area contributed by atoms with E-state index in [1.54, 1.807) is 0 Å². The predicted molar refractivity (Wildman–Crippen MR) is 85.0 cm³/mol. The minimum absolute atomic E-state index is 0.408. The number of nitrogens with zero attached hydrogens (tertiary/aromatic N) is 1. The van der Waals surface area contributed by atoms with Crippen LogP contribution >= 0.6 is 0 Å². The molecule has 4 bridgehead atoms. The van der Waals surface area contributed by atoms with Gasteiger partial charge in [-0.3, -0.25) is 0 Å². The van der Waals surface area contributed by atoms with Gasteiger partial charge in [-0.05, 0) is 68.7 Å². The molecule has 0 aliphatic heterocycles. The van der Waals surface area contributed by atoms with Crippen molar-refractivity contribution in [3.8, 4) is 0 Å². The summed E-state index contributed by atoms with van der Waals surface area (Å²) in [5.74, 6) is 4.98. The molecule has 116 valence electrons. The molecule has 0 saturated heterocycles. The van der Waals surface area contributed by atoms with Gasteiger partial charge in [0.15, 0.2) is 0 Å². The summed E-state index contributed by atoms with van der Waals surface area (Å²) in [7, 11) is 0. The summed E-state index contributed by atoms with van der Waals surface area (Å²) >= 11 is 0. The van der Waals surface area contributed by atoms with Gasteiger partial charge in [0.1, 0.15) is 5.82 Å². The van der Waals surface area contributed by atoms with E-state index in [-0.39, 0.29) is 0 Å². The number of hydrogen-bond acceptors (Lipinski definition) is 2. The van der Waals surface area contributed by atoms with Crippen LogP contribution in [0.2, 0.25) is 0 Å². The zero-order chi connectivity index (χ0) is 14.4. The highest BCUT2D eigenvalue weighted by Gasteiger charge is 2.52. The predicted octanol–water partition coefficient (Wildman–Crippen LogP) is 3.62. The largest absolute Gasteiger partial charge is 0.344 e. The third kappa shape index (κ3) is 2.54. The van der Waals surface area contributed by atoms with E-state index in [2.05, 4.69) is 30.3 Å². The highest BCUT2D eigenvalue weighted by atomic mass is 15.0. The Morgan fingerprint density at radius 1 is 1.19 bits per heavy atom. The van der Waals surface area contributed by atoms with Crippen LogP contribution in [0.3, 0.4) is 0 Å². The maximum Gasteiger partial charge on any atom is 0.112 e. The van der Waals surface area contributed by atoms with Crippen molar-refractivity contribution in [2.45, 2.75) is 64.3 Å². The molecule has 0 unspecified atom stereocenters. The topological polar surface area (TPSA) is 40.7 Å². The molecule has 0 spiro atoms. The van der Waals surface area contributed by atoms with Crippen molar-refractivity contribution < 1.29 is 0 Å². The average Bonchev–Trinajstić information content (AvgIpc) is 2.86. The van der Waals surface area contributed by atoms with E-state index in [9.17, 15) is 0 Å². The molecule has 1 aromatic rings. The summed E-state index contributed by atoms with van der Waals surface area (Å²) in [4.78, 5) is 8.48. The van der Waals surface area contributed by atoms with Gasteiger partial charge in [-0.15, -0.1) is 0 Å². The molecular formula is C18H29N3. The molecule has 3 heteroatoms. The molecule has 4 aliphatic carbocycles. The second-order valence-electron chi connectivity index (χ2n) is 8.48. The minimum Gasteiger partial charge on any atom is -0.344 e. The van der Waals surface area contributed by atoms with Gasteiger partial charge in [-0.2, -0.15) is 0 Å². The molecule has 2 N–H and O–H groups in total. The van der Waals surface area contributed by atoms with E-state index in [4.69, 9.17) is 4.98 Å². The molecular weight excluding hydrogens is 258 g/mol. The van der Waals surface area contributed by atoms with Gasteiger partial charge in [0.2, 0.25) is 0 Å². The Morgan fingerprint density at radius 2 is 1.81 bits per heavy atom. The third-order valence-electron chi connectivity index (χ3n) is 6.04. The fourth-order valence-electron chi connectivity index (χ4n) is 5.61. The third-order valence-corrected chi connectivity index (χ3v) is 6.04. The summed E-state index contributed by atoms with van der Waals surface area (Å²) in [6.45, 7) is 6.50. The Labute approximate surface area is 128 Å². The lowest BCUT2D eigenvalue weighted by atomic mass is 9.49. The number of aromatic nitrogens is 2. The van der Waals surface area contributed by atoms with E-state index in [1.807, 2.05) is 0 Å². The lowest BCUT2D eigenvalue weighted by Crippen LogP contribution is -2.49. The van der Waals surface area contributed by atoms with Gasteiger partial charge in [0, 0.05) is 23.9 Å². The van der Waals surface area contributed by atoms with Crippen molar-refractivity contribution in [3.63, 3.8) is 0 Å². The smallest absolute Gasteiger partial charge is 0.112 e. The Bertz CT molecular complexity index is 467. The van der Waals surface area contributed by atoms with Crippen molar-refractivity contribution in [1.82, 2.24) is 15.3 Å². The highest BCUT2D eigenvalue weighted by Crippen LogP contribution is 2.60. The summed E-state index contributed by atoms with van der Waals surface area (Å²) in [6, 6.07) is 0. The maximum atomic E-state index is 4.81. The fraction of sp³-hybridized carbons (Fsp3) is 0.833. The quantitative estimate of drug-likeness (QED) is 0.868. The van der Waals surface area contributed by atoms with Crippen LogP contribution in [0, 0.1) is 23.7 Å². The van der Waals surface area contributed by atoms with E-state index in [0.29, 0.717) is 11.3 Å². The summed E-state index contributed by atoms with van der Waals surface area (Å²) in [6.07, 6.45) is 10.8. The van der Waals surface area contributed by atoms with Gasteiger partial charge in [0.05, 0.1) is 0 Å². The van der Waals surface area contributed by atoms with Gasteiger partial charge >= 0.3 is 0 Å². The van der Waals surface area contributed by atoms with Crippen LogP contribution in [-0.4, -0.2) is 16.5 Å². The van der Waals surface area contributed by atoms with Crippen LogP contribution < -0.4 is 5.32 Å². The first kappa shape index (κ1) is 13.8. The molecule has 0 radical (unpaired) electrons. The minimum atomic E-state index is 0.408. The standard InChI is InChI=1S/C18H29N3/c1-12(2)9-19-10-16-11-20-17(21-16)18-6-13-3-14(7-18)5-15(4-13)8-18/h11-15,19H,3-10H2,1-2H3,(H,20,21). The second-order valence-corrected chi connectivity index (χ2v) is 8.48. The van der Waals surface area contributed by atoms with E-state index in [1.165, 1.54) is 50.0 Å². The highest BCUT2D eigenvalue weighted by molar-refractivity contribution is 5.19. The Morgan fingerprint density at radius 3 is 2.38 bits per heavy atom. The fourth-order valence-corrected chi connectivity index (χ4v) is 5.61. The number of rotatable bonds is 5. The van der Waals surface area contributed by atoms with Crippen molar-refractivity contribution in [1.29, 1.82) is 0 Å². The molecule has 4 aliphatic rings. The molecule has 0 atom stereocenters.